The SMILES string of the molecule is CC1(C)C2CCC1[C@H](C(N)=O)C2C(=O)Nc1ccc(I)cc1. The fourth-order valence-electron chi connectivity index (χ4n) is 4.64. The van der Waals surface area contributed by atoms with Crippen molar-refractivity contribution >= 4 is 40.1 Å². The maximum Gasteiger partial charge on any atom is 0.228 e. The van der Waals surface area contributed by atoms with Crippen molar-refractivity contribution in [3.8, 4) is 0 Å². The number of hydrogen-bond donors (Lipinski definition) is 2. The van der Waals surface area contributed by atoms with Crippen LogP contribution in [0.25, 0.3) is 0 Å². The minimum Gasteiger partial charge on any atom is -0.369 e. The van der Waals surface area contributed by atoms with E-state index in [-0.39, 0.29) is 40.9 Å². The van der Waals surface area contributed by atoms with Crippen molar-refractivity contribution in [3.05, 3.63) is 27.8 Å². The van der Waals surface area contributed by atoms with Crippen LogP contribution in [0.3, 0.4) is 0 Å². The Kier molecular flexibility index (Phi) is 3.95. The predicted octanol–water partition coefficient (Wildman–Crippen LogP) is 3.01. The number of fused-ring (bicyclic) bond motifs is 2. The molecular formula is C17H21IN2O2. The van der Waals surface area contributed by atoms with Gasteiger partial charge < -0.3 is 11.1 Å². The van der Waals surface area contributed by atoms with Crippen molar-refractivity contribution in [2.24, 2.45) is 34.8 Å². The normalized spacial score (nSPS) is 32.0. The Labute approximate surface area is 144 Å². The lowest BCUT2D eigenvalue weighted by Gasteiger charge is -2.27. The Morgan fingerprint density at radius 3 is 2.23 bits per heavy atom. The van der Waals surface area contributed by atoms with Gasteiger partial charge in [-0.05, 0) is 76.9 Å². The molecule has 2 aliphatic carbocycles. The molecule has 2 bridgehead atoms. The van der Waals surface area contributed by atoms with Gasteiger partial charge >= 0.3 is 0 Å². The van der Waals surface area contributed by atoms with E-state index in [0.29, 0.717) is 0 Å². The molecule has 1 aromatic rings. The van der Waals surface area contributed by atoms with E-state index >= 15 is 0 Å². The largest absolute Gasteiger partial charge is 0.369 e. The lowest BCUT2D eigenvalue weighted by molar-refractivity contribution is -0.132. The average molecular weight is 412 g/mol. The highest BCUT2D eigenvalue weighted by atomic mass is 127. The fraction of sp³-hybridized carbons (Fsp3) is 0.529. The van der Waals surface area contributed by atoms with Gasteiger partial charge in [-0.15, -0.1) is 0 Å². The number of nitrogens with one attached hydrogen (secondary N) is 1. The molecule has 0 aromatic heterocycles. The van der Waals surface area contributed by atoms with Crippen LogP contribution in [0.2, 0.25) is 0 Å². The molecule has 4 nitrogen and oxygen atoms in total. The number of amides is 2. The van der Waals surface area contributed by atoms with Gasteiger partial charge in [0.2, 0.25) is 11.8 Å². The van der Waals surface area contributed by atoms with Gasteiger partial charge in [0.25, 0.3) is 0 Å². The lowest BCUT2D eigenvalue weighted by Crippen LogP contribution is -2.40. The Bertz CT molecular complexity index is 612. The zero-order chi connectivity index (χ0) is 16.1. The Balaban J connectivity index is 1.84. The Hall–Kier alpha value is -1.11. The average Bonchev–Trinajstić information content (AvgIpc) is 2.87. The molecule has 0 spiro atoms. The Morgan fingerprint density at radius 2 is 1.68 bits per heavy atom. The van der Waals surface area contributed by atoms with Crippen molar-refractivity contribution in [1.29, 1.82) is 0 Å². The van der Waals surface area contributed by atoms with Crippen molar-refractivity contribution in [2.75, 3.05) is 5.32 Å². The fourth-order valence-corrected chi connectivity index (χ4v) is 5.00. The Morgan fingerprint density at radius 1 is 1.14 bits per heavy atom. The molecule has 0 radical (unpaired) electrons. The molecule has 3 N–H and O–H groups in total. The second-order valence-corrected chi connectivity index (χ2v) is 8.31. The van der Waals surface area contributed by atoms with Gasteiger partial charge in [0.1, 0.15) is 0 Å². The van der Waals surface area contributed by atoms with Gasteiger partial charge in [0.05, 0.1) is 11.8 Å². The first-order valence-electron chi connectivity index (χ1n) is 7.68. The number of carbonyl (C=O) groups is 2. The van der Waals surface area contributed by atoms with Gasteiger partial charge in [-0.3, -0.25) is 9.59 Å². The van der Waals surface area contributed by atoms with Crippen LogP contribution in [-0.2, 0) is 9.59 Å². The predicted molar refractivity (Wildman–Crippen MR) is 94.0 cm³/mol. The summed E-state index contributed by atoms with van der Waals surface area (Å²) in [6.45, 7) is 4.34. The number of rotatable bonds is 3. The first-order chi connectivity index (χ1) is 10.3. The van der Waals surface area contributed by atoms with E-state index in [1.807, 2.05) is 24.3 Å². The van der Waals surface area contributed by atoms with Crippen LogP contribution in [0.4, 0.5) is 5.69 Å². The summed E-state index contributed by atoms with van der Waals surface area (Å²) in [6.07, 6.45) is 2.00. The van der Waals surface area contributed by atoms with Crippen LogP contribution in [-0.4, -0.2) is 11.8 Å². The van der Waals surface area contributed by atoms with E-state index in [9.17, 15) is 9.59 Å². The van der Waals surface area contributed by atoms with E-state index in [4.69, 9.17) is 5.73 Å². The number of benzene rings is 1. The summed E-state index contributed by atoms with van der Waals surface area (Å²) < 4.78 is 1.12. The number of halogens is 1. The third-order valence-electron chi connectivity index (χ3n) is 5.70. The topological polar surface area (TPSA) is 72.2 Å². The summed E-state index contributed by atoms with van der Waals surface area (Å²) in [4.78, 5) is 24.7. The summed E-state index contributed by atoms with van der Waals surface area (Å²) in [7, 11) is 0. The first-order valence-corrected chi connectivity index (χ1v) is 8.76. The smallest absolute Gasteiger partial charge is 0.228 e. The summed E-state index contributed by atoms with van der Waals surface area (Å²) in [6, 6.07) is 7.67. The third-order valence-corrected chi connectivity index (χ3v) is 6.42. The first kappa shape index (κ1) is 15.8. The van der Waals surface area contributed by atoms with Crippen molar-refractivity contribution in [3.63, 3.8) is 0 Å². The molecule has 0 heterocycles. The van der Waals surface area contributed by atoms with Crippen molar-refractivity contribution in [2.45, 2.75) is 26.7 Å². The number of anilines is 1. The molecule has 4 atom stereocenters. The molecule has 2 saturated carbocycles. The highest BCUT2D eigenvalue weighted by molar-refractivity contribution is 14.1. The summed E-state index contributed by atoms with van der Waals surface area (Å²) in [5, 5.41) is 2.97. The van der Waals surface area contributed by atoms with Crippen molar-refractivity contribution < 1.29 is 9.59 Å². The summed E-state index contributed by atoms with van der Waals surface area (Å²) in [5.74, 6) is -0.572. The zero-order valence-corrected chi connectivity index (χ0v) is 15.0. The number of nitrogens with two attached hydrogens (primary N) is 1. The van der Waals surface area contributed by atoms with Crippen LogP contribution in [0, 0.1) is 32.7 Å². The van der Waals surface area contributed by atoms with Gasteiger partial charge in [0.15, 0.2) is 0 Å². The number of hydrogen-bond acceptors (Lipinski definition) is 2. The van der Waals surface area contributed by atoms with Crippen LogP contribution in [0.15, 0.2) is 24.3 Å². The number of primary amides is 1. The van der Waals surface area contributed by atoms with Crippen LogP contribution in [0.1, 0.15) is 26.7 Å². The van der Waals surface area contributed by atoms with E-state index in [1.54, 1.807) is 0 Å². The van der Waals surface area contributed by atoms with Crippen LogP contribution in [0.5, 0.6) is 0 Å². The molecule has 118 valence electrons. The van der Waals surface area contributed by atoms with E-state index in [1.165, 1.54) is 0 Å². The maximum atomic E-state index is 12.8. The number of carbonyl (C=O) groups excluding carboxylic acids is 2. The standard InChI is InChI=1S/C17H21IN2O2/c1-17(2)11-7-8-12(17)14(13(11)15(19)21)16(22)20-10-5-3-9(18)4-6-10/h3-6,11-14H,7-8H2,1-2H3,(H2,19,21)(H,20,22)/t11?,12?,13-,14?/m0/s1. The monoisotopic (exact) mass is 412 g/mol. The van der Waals surface area contributed by atoms with E-state index < -0.39 is 0 Å². The van der Waals surface area contributed by atoms with Gasteiger partial charge in [0, 0.05) is 9.26 Å². The quantitative estimate of drug-likeness (QED) is 0.750. The third kappa shape index (κ3) is 2.43. The molecule has 2 amide bonds. The molecule has 2 aliphatic rings. The molecule has 3 unspecified atom stereocenters. The molecule has 0 aliphatic heterocycles. The molecule has 0 saturated heterocycles. The highest BCUT2D eigenvalue weighted by Gasteiger charge is 2.62. The van der Waals surface area contributed by atoms with Crippen LogP contribution < -0.4 is 11.1 Å². The van der Waals surface area contributed by atoms with Crippen molar-refractivity contribution in [1.82, 2.24) is 0 Å². The van der Waals surface area contributed by atoms with Crippen LogP contribution >= 0.6 is 22.6 Å². The van der Waals surface area contributed by atoms with Gasteiger partial charge in [-0.25, -0.2) is 0 Å². The summed E-state index contributed by atoms with van der Waals surface area (Å²) in [5.41, 5.74) is 6.41. The lowest BCUT2D eigenvalue weighted by atomic mass is 9.78. The highest BCUT2D eigenvalue weighted by Crippen LogP contribution is 2.63. The van der Waals surface area contributed by atoms with E-state index in [2.05, 4.69) is 41.8 Å². The maximum absolute atomic E-state index is 12.8. The summed E-state index contributed by atoms with van der Waals surface area (Å²) >= 11 is 2.23. The van der Waals surface area contributed by atoms with E-state index in [0.717, 1.165) is 22.1 Å². The van der Waals surface area contributed by atoms with Gasteiger partial charge in [-0.1, -0.05) is 13.8 Å². The molecule has 3 rings (SSSR count). The zero-order valence-electron chi connectivity index (χ0n) is 12.8. The minimum absolute atomic E-state index is 0.00771. The molecular weight excluding hydrogens is 391 g/mol. The molecule has 2 fully saturated rings. The minimum atomic E-state index is -0.336. The second kappa shape index (κ2) is 5.51. The molecule has 1 aromatic carbocycles. The molecule has 22 heavy (non-hydrogen) atoms. The van der Waals surface area contributed by atoms with Gasteiger partial charge in [-0.2, -0.15) is 0 Å². The molecule has 5 heteroatoms. The second-order valence-electron chi connectivity index (χ2n) is 7.06.